The average Bonchev–Trinajstić information content (AvgIpc) is 2.84. The van der Waals surface area contributed by atoms with Gasteiger partial charge in [0, 0.05) is 11.6 Å². The molecule has 1 aliphatic rings. The Labute approximate surface area is 122 Å². The molecule has 0 unspecified atom stereocenters. The van der Waals surface area contributed by atoms with Crippen molar-refractivity contribution in [2.45, 2.75) is 19.8 Å². The normalized spacial score (nSPS) is 13.8. The quantitative estimate of drug-likeness (QED) is 0.892. The van der Waals surface area contributed by atoms with Crippen molar-refractivity contribution < 1.29 is 9.47 Å². The summed E-state index contributed by atoms with van der Waals surface area (Å²) in [7, 11) is 0. The van der Waals surface area contributed by atoms with Crippen LogP contribution >= 0.6 is 11.6 Å². The highest BCUT2D eigenvalue weighted by Gasteiger charge is 2.24. The first-order chi connectivity index (χ1) is 9.58. The maximum atomic E-state index is 6.51. The van der Waals surface area contributed by atoms with Crippen LogP contribution in [-0.2, 0) is 0 Å². The number of ether oxygens (including phenoxy) is 2. The summed E-state index contributed by atoms with van der Waals surface area (Å²) in [5.74, 6) is 1.96. The third-order valence-corrected chi connectivity index (χ3v) is 3.65. The van der Waals surface area contributed by atoms with E-state index < -0.39 is 0 Å². The summed E-state index contributed by atoms with van der Waals surface area (Å²) in [5, 5.41) is 7.49. The smallest absolute Gasteiger partial charge is 0.180 e. The largest absolute Gasteiger partial charge is 0.486 e. The zero-order valence-electron chi connectivity index (χ0n) is 11.4. The molecule has 6 heteroatoms. The number of hydrogen-bond acceptors (Lipinski definition) is 4. The van der Waals surface area contributed by atoms with Gasteiger partial charge in [-0.25, -0.2) is 0 Å². The molecule has 106 valence electrons. The van der Waals surface area contributed by atoms with Crippen molar-refractivity contribution in [2.75, 3.05) is 18.9 Å². The maximum absolute atomic E-state index is 6.51. The van der Waals surface area contributed by atoms with E-state index in [-0.39, 0.29) is 5.92 Å². The van der Waals surface area contributed by atoms with Gasteiger partial charge in [-0.2, -0.15) is 5.10 Å². The van der Waals surface area contributed by atoms with Crippen molar-refractivity contribution in [3.05, 3.63) is 22.7 Å². The molecule has 1 aromatic heterocycles. The van der Waals surface area contributed by atoms with E-state index in [2.05, 4.69) is 24.0 Å². The second kappa shape index (κ2) is 4.90. The zero-order valence-corrected chi connectivity index (χ0v) is 12.1. The maximum Gasteiger partial charge on any atom is 0.180 e. The summed E-state index contributed by atoms with van der Waals surface area (Å²) in [5.41, 5.74) is 8.45. The number of fused-ring (bicyclic) bond motifs is 1. The van der Waals surface area contributed by atoms with Gasteiger partial charge in [0.25, 0.3) is 0 Å². The van der Waals surface area contributed by atoms with E-state index in [9.17, 15) is 0 Å². The number of anilines is 1. The van der Waals surface area contributed by atoms with Gasteiger partial charge in [-0.05, 0) is 17.5 Å². The lowest BCUT2D eigenvalue weighted by Gasteiger charge is -2.24. The fourth-order valence-electron chi connectivity index (χ4n) is 2.42. The van der Waals surface area contributed by atoms with Crippen LogP contribution in [0.2, 0.25) is 5.02 Å². The topological polar surface area (TPSA) is 73.2 Å². The Morgan fingerprint density at radius 1 is 1.30 bits per heavy atom. The van der Waals surface area contributed by atoms with Crippen molar-refractivity contribution in [3.8, 4) is 22.8 Å². The van der Waals surface area contributed by atoms with Crippen LogP contribution < -0.4 is 15.2 Å². The Kier molecular flexibility index (Phi) is 3.22. The second-order valence-corrected chi connectivity index (χ2v) is 5.42. The van der Waals surface area contributed by atoms with Gasteiger partial charge in [-0.3, -0.25) is 5.10 Å². The molecule has 0 saturated carbocycles. The number of nitrogens with one attached hydrogen (secondary N) is 1. The van der Waals surface area contributed by atoms with Gasteiger partial charge in [0.05, 0.1) is 10.7 Å². The Balaban J connectivity index is 2.24. The SMILES string of the molecule is CC(C)c1c(-c2cc(N)n[nH]2)cc2c(c1Cl)OCCO2. The summed E-state index contributed by atoms with van der Waals surface area (Å²) in [4.78, 5) is 0. The van der Waals surface area contributed by atoms with E-state index in [0.29, 0.717) is 35.6 Å². The second-order valence-electron chi connectivity index (χ2n) is 5.04. The highest BCUT2D eigenvalue weighted by Crippen LogP contribution is 2.46. The van der Waals surface area contributed by atoms with Gasteiger partial charge in [0.15, 0.2) is 11.5 Å². The van der Waals surface area contributed by atoms with E-state index in [1.54, 1.807) is 6.07 Å². The minimum atomic E-state index is 0.234. The van der Waals surface area contributed by atoms with Gasteiger partial charge in [-0.1, -0.05) is 25.4 Å². The molecule has 5 nitrogen and oxygen atoms in total. The van der Waals surface area contributed by atoms with Crippen molar-refractivity contribution in [3.63, 3.8) is 0 Å². The molecule has 0 radical (unpaired) electrons. The fraction of sp³-hybridized carbons (Fsp3) is 0.357. The minimum absolute atomic E-state index is 0.234. The van der Waals surface area contributed by atoms with Crippen LogP contribution in [0.4, 0.5) is 5.82 Å². The number of halogens is 1. The van der Waals surface area contributed by atoms with Crippen LogP contribution in [-0.4, -0.2) is 23.4 Å². The molecule has 2 aromatic rings. The van der Waals surface area contributed by atoms with E-state index in [4.69, 9.17) is 26.8 Å². The molecule has 1 aliphatic heterocycles. The van der Waals surface area contributed by atoms with E-state index in [1.807, 2.05) is 6.07 Å². The van der Waals surface area contributed by atoms with Crippen LogP contribution in [0, 0.1) is 0 Å². The molecule has 1 aromatic carbocycles. The van der Waals surface area contributed by atoms with Gasteiger partial charge in [-0.15, -0.1) is 0 Å². The van der Waals surface area contributed by atoms with Gasteiger partial charge < -0.3 is 15.2 Å². The Hall–Kier alpha value is -1.88. The molecule has 0 saturated heterocycles. The van der Waals surface area contributed by atoms with E-state index in [1.165, 1.54) is 0 Å². The third kappa shape index (κ3) is 2.08. The molecule has 0 atom stereocenters. The molecular weight excluding hydrogens is 278 g/mol. The predicted octanol–water partition coefficient (Wildman–Crippen LogP) is 3.21. The number of nitrogens with two attached hydrogens (primary N) is 1. The molecule has 0 bridgehead atoms. The van der Waals surface area contributed by atoms with Crippen LogP contribution in [0.25, 0.3) is 11.3 Å². The molecule has 3 rings (SSSR count). The van der Waals surface area contributed by atoms with Crippen molar-refractivity contribution in [1.82, 2.24) is 10.2 Å². The lowest BCUT2D eigenvalue weighted by atomic mass is 9.94. The molecule has 0 fully saturated rings. The lowest BCUT2D eigenvalue weighted by molar-refractivity contribution is 0.171. The molecule has 0 amide bonds. The van der Waals surface area contributed by atoms with Gasteiger partial charge >= 0.3 is 0 Å². The van der Waals surface area contributed by atoms with E-state index in [0.717, 1.165) is 16.8 Å². The standard InChI is InChI=1S/C14H16ClN3O2/c1-7(2)12-8(9-6-11(16)18-17-9)5-10-14(13(12)15)20-4-3-19-10/h5-7H,3-4H2,1-2H3,(H3,16,17,18). The van der Waals surface area contributed by atoms with Crippen LogP contribution in [0.5, 0.6) is 11.5 Å². The van der Waals surface area contributed by atoms with Crippen LogP contribution in [0.3, 0.4) is 0 Å². The monoisotopic (exact) mass is 293 g/mol. The summed E-state index contributed by atoms with van der Waals surface area (Å²) in [6.07, 6.45) is 0. The molecule has 0 aliphatic carbocycles. The first-order valence-corrected chi connectivity index (χ1v) is 6.89. The third-order valence-electron chi connectivity index (χ3n) is 3.28. The highest BCUT2D eigenvalue weighted by molar-refractivity contribution is 6.33. The summed E-state index contributed by atoms with van der Waals surface area (Å²) in [6.45, 7) is 5.20. The Morgan fingerprint density at radius 3 is 2.70 bits per heavy atom. The Bertz CT molecular complexity index is 652. The van der Waals surface area contributed by atoms with Gasteiger partial charge in [0.1, 0.15) is 19.0 Å². The summed E-state index contributed by atoms with van der Waals surface area (Å²) < 4.78 is 11.3. The number of H-pyrrole nitrogens is 1. The number of nitrogen functional groups attached to an aromatic ring is 1. The zero-order chi connectivity index (χ0) is 14.3. The molecule has 3 N–H and O–H groups in total. The molecule has 20 heavy (non-hydrogen) atoms. The van der Waals surface area contributed by atoms with Crippen molar-refractivity contribution in [1.29, 1.82) is 0 Å². The van der Waals surface area contributed by atoms with E-state index >= 15 is 0 Å². The fourth-order valence-corrected chi connectivity index (χ4v) is 2.89. The lowest BCUT2D eigenvalue weighted by Crippen LogP contribution is -2.16. The number of rotatable bonds is 2. The highest BCUT2D eigenvalue weighted by atomic mass is 35.5. The van der Waals surface area contributed by atoms with Crippen molar-refractivity contribution >= 4 is 17.4 Å². The number of hydrogen-bond donors (Lipinski definition) is 2. The number of nitrogens with zero attached hydrogens (tertiary/aromatic N) is 1. The number of benzene rings is 1. The predicted molar refractivity (Wildman–Crippen MR) is 78.5 cm³/mol. The van der Waals surface area contributed by atoms with Crippen LogP contribution in [0.15, 0.2) is 12.1 Å². The summed E-state index contributed by atoms with van der Waals surface area (Å²) >= 11 is 6.51. The first kappa shape index (κ1) is 13.1. The summed E-state index contributed by atoms with van der Waals surface area (Å²) in [6, 6.07) is 3.72. The number of aromatic amines is 1. The Morgan fingerprint density at radius 2 is 2.05 bits per heavy atom. The first-order valence-electron chi connectivity index (χ1n) is 6.51. The average molecular weight is 294 g/mol. The molecule has 2 heterocycles. The van der Waals surface area contributed by atoms with Gasteiger partial charge in [0.2, 0.25) is 0 Å². The molecule has 0 spiro atoms. The number of aromatic nitrogens is 2. The minimum Gasteiger partial charge on any atom is -0.486 e. The van der Waals surface area contributed by atoms with Crippen molar-refractivity contribution in [2.24, 2.45) is 0 Å². The molecular formula is C14H16ClN3O2. The van der Waals surface area contributed by atoms with Crippen LogP contribution in [0.1, 0.15) is 25.3 Å².